The van der Waals surface area contributed by atoms with Crippen LogP contribution in [-0.2, 0) is 11.2 Å². The third kappa shape index (κ3) is 4.21. The molecular formula is C10H9F4NO3. The summed E-state index contributed by atoms with van der Waals surface area (Å²) in [5.74, 6) is -3.10. The van der Waals surface area contributed by atoms with Crippen LogP contribution < -0.4 is 10.5 Å². The highest BCUT2D eigenvalue weighted by molar-refractivity contribution is 5.73. The van der Waals surface area contributed by atoms with E-state index in [0.29, 0.717) is 6.07 Å². The first-order valence-electron chi connectivity index (χ1n) is 4.71. The summed E-state index contributed by atoms with van der Waals surface area (Å²) in [5, 5.41) is 8.56. The maximum absolute atomic E-state index is 12.8. The van der Waals surface area contributed by atoms with Crippen LogP contribution in [0.5, 0.6) is 5.75 Å². The van der Waals surface area contributed by atoms with Crippen molar-refractivity contribution in [1.82, 2.24) is 0 Å². The van der Waals surface area contributed by atoms with Crippen molar-refractivity contribution < 1.29 is 32.2 Å². The van der Waals surface area contributed by atoms with E-state index in [-0.39, 0.29) is 5.56 Å². The summed E-state index contributed by atoms with van der Waals surface area (Å²) < 4.78 is 52.6. The molecule has 1 aromatic rings. The number of ether oxygens (including phenoxy) is 1. The van der Waals surface area contributed by atoms with Crippen LogP contribution in [0.2, 0.25) is 0 Å². The second kappa shape index (κ2) is 5.21. The predicted molar refractivity (Wildman–Crippen MR) is 52.4 cm³/mol. The Kier molecular flexibility index (Phi) is 4.12. The van der Waals surface area contributed by atoms with E-state index in [1.54, 1.807) is 0 Å². The van der Waals surface area contributed by atoms with Gasteiger partial charge in [0.15, 0.2) is 0 Å². The number of carbonyl (C=O) groups is 1. The number of rotatable bonds is 4. The molecule has 0 radical (unpaired) electrons. The Hall–Kier alpha value is -1.83. The zero-order chi connectivity index (χ0) is 13.9. The summed E-state index contributed by atoms with van der Waals surface area (Å²) in [6.45, 7) is 0. The van der Waals surface area contributed by atoms with Gasteiger partial charge in [-0.15, -0.1) is 13.2 Å². The standard InChI is InChI=1S/C10H9F4NO3/c11-6-2-1-5(3-7(15)9(16)17)8(4-6)18-10(12,13)14/h1-2,4,7H,3,15H2,(H,16,17)/t7-/m0/s1. The van der Waals surface area contributed by atoms with Crippen molar-refractivity contribution in [2.75, 3.05) is 0 Å². The SMILES string of the molecule is N[C@@H](Cc1ccc(F)cc1OC(F)(F)F)C(=O)O. The minimum Gasteiger partial charge on any atom is -0.480 e. The van der Waals surface area contributed by atoms with E-state index >= 15 is 0 Å². The van der Waals surface area contributed by atoms with Crippen LogP contribution in [0, 0.1) is 5.82 Å². The fourth-order valence-electron chi connectivity index (χ4n) is 1.24. The van der Waals surface area contributed by atoms with Crippen molar-refractivity contribution in [1.29, 1.82) is 0 Å². The Morgan fingerprint density at radius 3 is 2.56 bits per heavy atom. The molecule has 0 aliphatic carbocycles. The molecule has 0 aliphatic rings. The van der Waals surface area contributed by atoms with E-state index in [4.69, 9.17) is 10.8 Å². The molecule has 0 spiro atoms. The van der Waals surface area contributed by atoms with Crippen molar-refractivity contribution in [2.45, 2.75) is 18.8 Å². The van der Waals surface area contributed by atoms with E-state index < -0.39 is 36.4 Å². The molecule has 0 aromatic heterocycles. The molecule has 0 bridgehead atoms. The fraction of sp³-hybridized carbons (Fsp3) is 0.300. The Morgan fingerprint density at radius 1 is 1.44 bits per heavy atom. The highest BCUT2D eigenvalue weighted by atomic mass is 19.4. The summed E-state index contributed by atoms with van der Waals surface area (Å²) in [6.07, 6.45) is -5.39. The van der Waals surface area contributed by atoms with Gasteiger partial charge in [-0.3, -0.25) is 4.79 Å². The van der Waals surface area contributed by atoms with E-state index in [0.717, 1.165) is 12.1 Å². The van der Waals surface area contributed by atoms with Crippen LogP contribution in [-0.4, -0.2) is 23.5 Å². The number of carboxylic acids is 1. The average molecular weight is 267 g/mol. The van der Waals surface area contributed by atoms with E-state index in [1.165, 1.54) is 0 Å². The summed E-state index contributed by atoms with van der Waals surface area (Å²) >= 11 is 0. The van der Waals surface area contributed by atoms with Crippen LogP contribution in [0.15, 0.2) is 18.2 Å². The number of benzene rings is 1. The Labute approximate surface area is 99.0 Å². The summed E-state index contributed by atoms with van der Waals surface area (Å²) in [5.41, 5.74) is 5.05. The molecule has 0 saturated heterocycles. The fourth-order valence-corrected chi connectivity index (χ4v) is 1.24. The van der Waals surface area contributed by atoms with Crippen molar-refractivity contribution in [3.63, 3.8) is 0 Å². The lowest BCUT2D eigenvalue weighted by Gasteiger charge is -2.14. The van der Waals surface area contributed by atoms with Crippen molar-refractivity contribution in [3.05, 3.63) is 29.6 Å². The molecule has 0 heterocycles. The zero-order valence-corrected chi connectivity index (χ0v) is 8.87. The quantitative estimate of drug-likeness (QED) is 0.814. The van der Waals surface area contributed by atoms with Crippen LogP contribution >= 0.6 is 0 Å². The lowest BCUT2D eigenvalue weighted by Crippen LogP contribution is -2.32. The van der Waals surface area contributed by atoms with Gasteiger partial charge < -0.3 is 15.6 Å². The van der Waals surface area contributed by atoms with Crippen LogP contribution in [0.4, 0.5) is 17.6 Å². The third-order valence-corrected chi connectivity index (χ3v) is 2.01. The normalized spacial score (nSPS) is 13.2. The molecule has 100 valence electrons. The maximum Gasteiger partial charge on any atom is 0.573 e. The third-order valence-electron chi connectivity index (χ3n) is 2.01. The lowest BCUT2D eigenvalue weighted by atomic mass is 10.1. The molecule has 0 fully saturated rings. The van der Waals surface area contributed by atoms with Gasteiger partial charge >= 0.3 is 12.3 Å². The molecule has 18 heavy (non-hydrogen) atoms. The Balaban J connectivity index is 3.00. The number of hydrogen-bond acceptors (Lipinski definition) is 3. The van der Waals surface area contributed by atoms with Gasteiger partial charge in [0.1, 0.15) is 17.6 Å². The first-order valence-corrected chi connectivity index (χ1v) is 4.71. The highest BCUT2D eigenvalue weighted by Gasteiger charge is 2.32. The molecule has 0 aliphatic heterocycles. The molecule has 3 N–H and O–H groups in total. The zero-order valence-electron chi connectivity index (χ0n) is 8.87. The molecule has 0 unspecified atom stereocenters. The van der Waals surface area contributed by atoms with Crippen LogP contribution in [0.25, 0.3) is 0 Å². The second-order valence-corrected chi connectivity index (χ2v) is 3.45. The number of nitrogens with two attached hydrogens (primary N) is 1. The van der Waals surface area contributed by atoms with Gasteiger partial charge in [-0.2, -0.15) is 0 Å². The summed E-state index contributed by atoms with van der Waals surface area (Å²) in [6, 6.07) is 1.02. The molecule has 1 atom stereocenters. The van der Waals surface area contributed by atoms with Crippen molar-refractivity contribution in [3.8, 4) is 5.75 Å². The molecule has 1 rings (SSSR count). The molecular weight excluding hydrogens is 258 g/mol. The number of hydrogen-bond donors (Lipinski definition) is 2. The average Bonchev–Trinajstić information content (AvgIpc) is 2.19. The topological polar surface area (TPSA) is 72.5 Å². The summed E-state index contributed by atoms with van der Waals surface area (Å²) in [7, 11) is 0. The lowest BCUT2D eigenvalue weighted by molar-refractivity contribution is -0.275. The van der Waals surface area contributed by atoms with Gasteiger partial charge in [-0.25, -0.2) is 4.39 Å². The van der Waals surface area contributed by atoms with E-state index in [2.05, 4.69) is 4.74 Å². The van der Waals surface area contributed by atoms with E-state index in [1.807, 2.05) is 0 Å². The Morgan fingerprint density at radius 2 is 2.06 bits per heavy atom. The minimum atomic E-state index is -4.99. The molecule has 8 heteroatoms. The number of carboxylic acid groups (broad SMARTS) is 1. The first-order chi connectivity index (χ1) is 8.19. The first kappa shape index (κ1) is 14.2. The monoisotopic (exact) mass is 267 g/mol. The number of aliphatic carboxylic acids is 1. The van der Waals surface area contributed by atoms with Gasteiger partial charge in [-0.1, -0.05) is 6.07 Å². The molecule has 4 nitrogen and oxygen atoms in total. The smallest absolute Gasteiger partial charge is 0.480 e. The van der Waals surface area contributed by atoms with Crippen molar-refractivity contribution in [2.24, 2.45) is 5.73 Å². The van der Waals surface area contributed by atoms with Gasteiger partial charge in [-0.05, 0) is 11.6 Å². The maximum atomic E-state index is 12.8. The predicted octanol–water partition coefficient (Wildman–Crippen LogP) is 1.68. The molecule has 1 aromatic carbocycles. The van der Waals surface area contributed by atoms with Gasteiger partial charge in [0.25, 0.3) is 0 Å². The number of halogens is 4. The highest BCUT2D eigenvalue weighted by Crippen LogP contribution is 2.28. The summed E-state index contributed by atoms with van der Waals surface area (Å²) in [4.78, 5) is 10.5. The largest absolute Gasteiger partial charge is 0.573 e. The van der Waals surface area contributed by atoms with Gasteiger partial charge in [0.05, 0.1) is 0 Å². The van der Waals surface area contributed by atoms with Crippen molar-refractivity contribution >= 4 is 5.97 Å². The molecule has 0 saturated carbocycles. The van der Waals surface area contributed by atoms with Crippen LogP contribution in [0.1, 0.15) is 5.56 Å². The van der Waals surface area contributed by atoms with Crippen LogP contribution in [0.3, 0.4) is 0 Å². The van der Waals surface area contributed by atoms with Gasteiger partial charge in [0.2, 0.25) is 0 Å². The minimum absolute atomic E-state index is 0.136. The number of alkyl halides is 3. The van der Waals surface area contributed by atoms with Gasteiger partial charge in [0, 0.05) is 12.5 Å². The molecule has 0 amide bonds. The van der Waals surface area contributed by atoms with E-state index in [9.17, 15) is 22.4 Å². The second-order valence-electron chi connectivity index (χ2n) is 3.45. The Bertz CT molecular complexity index is 447.